The number of benzene rings is 1. The molecule has 4 aromatic rings. The van der Waals surface area contributed by atoms with Gasteiger partial charge in [-0.15, -0.1) is 20.4 Å². The minimum atomic E-state index is -0.151. The molecule has 4 rings (SSSR count). The van der Waals surface area contributed by atoms with Crippen molar-refractivity contribution in [3.8, 4) is 0 Å². The summed E-state index contributed by atoms with van der Waals surface area (Å²) in [5.74, 6) is -0.266. The maximum absolute atomic E-state index is 12.2. The third kappa shape index (κ3) is 7.22. The molecule has 168 valence electrons. The van der Waals surface area contributed by atoms with Gasteiger partial charge in [0.15, 0.2) is 0 Å². The third-order valence-corrected chi connectivity index (χ3v) is 6.30. The van der Waals surface area contributed by atoms with Gasteiger partial charge in [0, 0.05) is 25.2 Å². The molecule has 0 fully saturated rings. The quantitative estimate of drug-likeness (QED) is 0.358. The Labute approximate surface area is 198 Å². The lowest BCUT2D eigenvalue weighted by Crippen LogP contribution is -2.14. The minimum Gasteiger partial charge on any atom is -0.300 e. The van der Waals surface area contributed by atoms with Gasteiger partial charge in [0.1, 0.15) is 10.0 Å². The SMILES string of the molecule is O=C(Cc1ccccc1)Nc1nnc(CCCc2nnc(NC(=O)Cc3cccnc3)s2)s1. The molecule has 0 spiro atoms. The molecule has 0 unspecified atom stereocenters. The van der Waals surface area contributed by atoms with Crippen LogP contribution in [0.5, 0.6) is 0 Å². The normalized spacial score (nSPS) is 10.7. The lowest BCUT2D eigenvalue weighted by molar-refractivity contribution is -0.116. The average Bonchev–Trinajstić information content (AvgIpc) is 3.44. The Hall–Kier alpha value is -3.57. The molecular formula is C22H21N7O2S2. The molecule has 33 heavy (non-hydrogen) atoms. The van der Waals surface area contributed by atoms with Crippen molar-refractivity contribution in [3.05, 3.63) is 76.0 Å². The van der Waals surface area contributed by atoms with Crippen LogP contribution in [0.4, 0.5) is 10.3 Å². The van der Waals surface area contributed by atoms with E-state index in [1.54, 1.807) is 18.5 Å². The molecule has 9 nitrogen and oxygen atoms in total. The lowest BCUT2D eigenvalue weighted by atomic mass is 10.1. The first kappa shape index (κ1) is 22.6. The summed E-state index contributed by atoms with van der Waals surface area (Å²) in [7, 11) is 0. The Kier molecular flexibility index (Phi) is 7.77. The molecule has 0 saturated carbocycles. The highest BCUT2D eigenvalue weighted by Gasteiger charge is 2.11. The molecule has 0 radical (unpaired) electrons. The van der Waals surface area contributed by atoms with Crippen LogP contribution in [0.1, 0.15) is 27.6 Å². The van der Waals surface area contributed by atoms with Crippen LogP contribution in [0.3, 0.4) is 0 Å². The van der Waals surface area contributed by atoms with E-state index in [1.165, 1.54) is 22.7 Å². The van der Waals surface area contributed by atoms with Crippen molar-refractivity contribution in [1.82, 2.24) is 25.4 Å². The summed E-state index contributed by atoms with van der Waals surface area (Å²) in [6, 6.07) is 13.2. The van der Waals surface area contributed by atoms with Crippen LogP contribution in [-0.2, 0) is 35.3 Å². The van der Waals surface area contributed by atoms with Gasteiger partial charge in [0.2, 0.25) is 22.1 Å². The van der Waals surface area contributed by atoms with Gasteiger partial charge in [0.05, 0.1) is 12.8 Å². The third-order valence-electron chi connectivity index (χ3n) is 4.50. The van der Waals surface area contributed by atoms with Gasteiger partial charge in [-0.2, -0.15) is 0 Å². The van der Waals surface area contributed by atoms with E-state index in [1.807, 2.05) is 36.4 Å². The number of rotatable bonds is 10. The van der Waals surface area contributed by atoms with E-state index in [9.17, 15) is 9.59 Å². The number of aromatic nitrogens is 5. The zero-order valence-corrected chi connectivity index (χ0v) is 19.2. The maximum atomic E-state index is 12.2. The number of anilines is 2. The first-order chi connectivity index (χ1) is 16.1. The van der Waals surface area contributed by atoms with E-state index in [4.69, 9.17) is 0 Å². The van der Waals surface area contributed by atoms with Crippen molar-refractivity contribution in [3.63, 3.8) is 0 Å². The van der Waals surface area contributed by atoms with Crippen LogP contribution in [0.15, 0.2) is 54.9 Å². The molecule has 2 N–H and O–H groups in total. The van der Waals surface area contributed by atoms with Gasteiger partial charge in [-0.25, -0.2) is 0 Å². The smallest absolute Gasteiger partial charge is 0.230 e. The zero-order valence-electron chi connectivity index (χ0n) is 17.6. The highest BCUT2D eigenvalue weighted by atomic mass is 32.1. The van der Waals surface area contributed by atoms with E-state index in [0.29, 0.717) is 29.5 Å². The van der Waals surface area contributed by atoms with Gasteiger partial charge in [-0.05, 0) is 23.6 Å². The van der Waals surface area contributed by atoms with Gasteiger partial charge in [0.25, 0.3) is 0 Å². The number of hydrogen-bond donors (Lipinski definition) is 2. The molecule has 0 aliphatic rings. The summed E-state index contributed by atoms with van der Waals surface area (Å²) < 4.78 is 0. The molecule has 3 aromatic heterocycles. The number of nitrogens with one attached hydrogen (secondary N) is 2. The Morgan fingerprint density at radius 2 is 1.30 bits per heavy atom. The van der Waals surface area contributed by atoms with Crippen LogP contribution in [0.2, 0.25) is 0 Å². The second kappa shape index (κ2) is 11.3. The summed E-state index contributed by atoms with van der Waals surface area (Å²) >= 11 is 2.73. The maximum Gasteiger partial charge on any atom is 0.230 e. The highest BCUT2D eigenvalue weighted by Crippen LogP contribution is 2.20. The Morgan fingerprint density at radius 3 is 1.88 bits per heavy atom. The predicted molar refractivity (Wildman–Crippen MR) is 127 cm³/mol. The van der Waals surface area contributed by atoms with Crippen LogP contribution in [0, 0.1) is 0 Å². The first-order valence-electron chi connectivity index (χ1n) is 10.3. The van der Waals surface area contributed by atoms with E-state index in [-0.39, 0.29) is 18.2 Å². The summed E-state index contributed by atoms with van der Waals surface area (Å²) in [6.07, 6.45) is 6.12. The number of aryl methyl sites for hydroxylation is 2. The van der Waals surface area contributed by atoms with Crippen LogP contribution >= 0.6 is 22.7 Å². The van der Waals surface area contributed by atoms with E-state index in [0.717, 1.165) is 27.6 Å². The monoisotopic (exact) mass is 479 g/mol. The van der Waals surface area contributed by atoms with Crippen molar-refractivity contribution in [2.75, 3.05) is 10.6 Å². The fraction of sp³-hybridized carbons (Fsp3) is 0.227. The summed E-state index contributed by atoms with van der Waals surface area (Å²) in [6.45, 7) is 0. The predicted octanol–water partition coefficient (Wildman–Crippen LogP) is 3.32. The number of pyridine rings is 1. The van der Waals surface area contributed by atoms with Gasteiger partial charge in [-0.1, -0.05) is 59.1 Å². The van der Waals surface area contributed by atoms with E-state index < -0.39 is 0 Å². The fourth-order valence-electron chi connectivity index (χ4n) is 3.00. The van der Waals surface area contributed by atoms with Crippen molar-refractivity contribution in [2.24, 2.45) is 0 Å². The second-order valence-electron chi connectivity index (χ2n) is 7.15. The largest absolute Gasteiger partial charge is 0.300 e. The Morgan fingerprint density at radius 1 is 0.727 bits per heavy atom. The highest BCUT2D eigenvalue weighted by molar-refractivity contribution is 7.15. The fourth-order valence-corrected chi connectivity index (χ4v) is 4.59. The Bertz CT molecular complexity index is 1100. The Balaban J connectivity index is 1.19. The van der Waals surface area contributed by atoms with Crippen molar-refractivity contribution in [1.29, 1.82) is 0 Å². The topological polar surface area (TPSA) is 123 Å². The molecule has 0 saturated heterocycles. The number of amides is 2. The number of hydrogen-bond acceptors (Lipinski definition) is 9. The standard InChI is InChI=1S/C22H21N7O2S2/c30-17(12-15-6-2-1-3-7-15)24-21-28-26-19(32-21)9-4-10-20-27-29-22(33-20)25-18(31)13-16-8-5-11-23-14-16/h1-3,5-8,11,14H,4,9-10,12-13H2,(H,24,28,30)(H,25,29,31). The van der Waals surface area contributed by atoms with Gasteiger partial charge >= 0.3 is 0 Å². The lowest BCUT2D eigenvalue weighted by Gasteiger charge is -2.00. The minimum absolute atomic E-state index is 0.115. The molecule has 0 aliphatic carbocycles. The molecule has 1 aromatic carbocycles. The van der Waals surface area contributed by atoms with Crippen LogP contribution in [0.25, 0.3) is 0 Å². The number of carbonyl (C=O) groups excluding carboxylic acids is 2. The molecule has 11 heteroatoms. The van der Waals surface area contributed by atoms with Gasteiger partial charge < -0.3 is 10.6 Å². The molecule has 0 atom stereocenters. The zero-order chi connectivity index (χ0) is 22.9. The summed E-state index contributed by atoms with van der Waals surface area (Å²) in [4.78, 5) is 28.3. The molecular weight excluding hydrogens is 458 g/mol. The molecule has 0 aliphatic heterocycles. The summed E-state index contributed by atoms with van der Waals surface area (Å²) in [5.41, 5.74) is 1.79. The van der Waals surface area contributed by atoms with Crippen molar-refractivity contribution < 1.29 is 9.59 Å². The van der Waals surface area contributed by atoms with Crippen molar-refractivity contribution in [2.45, 2.75) is 32.1 Å². The van der Waals surface area contributed by atoms with E-state index >= 15 is 0 Å². The summed E-state index contributed by atoms with van der Waals surface area (Å²) in [5, 5.41) is 24.6. The number of nitrogens with zero attached hydrogens (tertiary/aromatic N) is 5. The average molecular weight is 480 g/mol. The van der Waals surface area contributed by atoms with Gasteiger partial charge in [-0.3, -0.25) is 14.6 Å². The van der Waals surface area contributed by atoms with Crippen molar-refractivity contribution >= 4 is 44.8 Å². The molecule has 3 heterocycles. The molecule has 2 amide bonds. The first-order valence-corrected chi connectivity index (χ1v) is 11.9. The molecule has 0 bridgehead atoms. The number of carbonyl (C=O) groups is 2. The van der Waals surface area contributed by atoms with Crippen LogP contribution in [-0.4, -0.2) is 37.2 Å². The second-order valence-corrected chi connectivity index (χ2v) is 9.28. The van der Waals surface area contributed by atoms with Crippen LogP contribution < -0.4 is 10.6 Å². The van der Waals surface area contributed by atoms with E-state index in [2.05, 4.69) is 36.0 Å².